The molecule has 0 aromatic heterocycles. The smallest absolute Gasteiger partial charge is 0.315 e. The fourth-order valence-corrected chi connectivity index (χ4v) is 1.25. The number of benzene rings is 1. The second-order valence-corrected chi connectivity index (χ2v) is 3.30. The van der Waals surface area contributed by atoms with Crippen molar-refractivity contribution in [2.45, 2.75) is 12.8 Å². The second kappa shape index (κ2) is 5.93. The topological polar surface area (TPSA) is 58.2 Å². The van der Waals surface area contributed by atoms with E-state index in [4.69, 9.17) is 0 Å². The molecular formula is C11H12F2N2O2. The molecule has 0 bridgehead atoms. The van der Waals surface area contributed by atoms with E-state index in [2.05, 4.69) is 10.6 Å². The number of carbonyl (C=O) groups excluding carboxylic acids is 2. The van der Waals surface area contributed by atoms with Gasteiger partial charge >= 0.3 is 6.43 Å². The minimum Gasteiger partial charge on any atom is -0.359 e. The van der Waals surface area contributed by atoms with E-state index in [1.165, 1.54) is 13.1 Å². The Balaban J connectivity index is 2.84. The molecule has 1 rings (SSSR count). The Kier molecular flexibility index (Phi) is 4.56. The Morgan fingerprint density at radius 2 is 1.94 bits per heavy atom. The minimum absolute atomic E-state index is 0.0240. The van der Waals surface area contributed by atoms with Crippen LogP contribution >= 0.6 is 0 Å². The number of para-hydroxylation sites is 1. The van der Waals surface area contributed by atoms with Crippen molar-refractivity contribution in [3.05, 3.63) is 29.8 Å². The molecule has 1 aromatic carbocycles. The quantitative estimate of drug-likeness (QED) is 0.832. The summed E-state index contributed by atoms with van der Waals surface area (Å²) in [5.74, 6) is -1.64. The highest BCUT2D eigenvalue weighted by Gasteiger charge is 2.16. The lowest BCUT2D eigenvalue weighted by atomic mass is 10.1. The van der Waals surface area contributed by atoms with Gasteiger partial charge in [-0.15, -0.1) is 0 Å². The monoisotopic (exact) mass is 242 g/mol. The Bertz CT molecular complexity index is 422. The summed E-state index contributed by atoms with van der Waals surface area (Å²) < 4.78 is 24.2. The number of anilines is 1. The summed E-state index contributed by atoms with van der Waals surface area (Å²) in [6.07, 6.45) is -3.06. The van der Waals surface area contributed by atoms with E-state index in [1.807, 2.05) is 0 Å². The lowest BCUT2D eigenvalue weighted by molar-refractivity contribution is -0.126. The zero-order valence-corrected chi connectivity index (χ0v) is 9.17. The molecule has 6 heteroatoms. The Hall–Kier alpha value is -1.98. The van der Waals surface area contributed by atoms with Gasteiger partial charge in [-0.25, -0.2) is 0 Å². The van der Waals surface area contributed by atoms with Gasteiger partial charge in [0, 0.05) is 12.7 Å². The summed E-state index contributed by atoms with van der Waals surface area (Å²) in [6.45, 7) is 0. The van der Waals surface area contributed by atoms with Crippen LogP contribution in [0.2, 0.25) is 0 Å². The van der Waals surface area contributed by atoms with E-state index in [0.29, 0.717) is 5.56 Å². The van der Waals surface area contributed by atoms with Crippen molar-refractivity contribution in [3.63, 3.8) is 0 Å². The van der Waals surface area contributed by atoms with Gasteiger partial charge in [0.25, 0.3) is 5.91 Å². The van der Waals surface area contributed by atoms with Crippen LogP contribution in [0.25, 0.3) is 0 Å². The molecule has 92 valence electrons. The van der Waals surface area contributed by atoms with Gasteiger partial charge in [0.15, 0.2) is 0 Å². The fourth-order valence-electron chi connectivity index (χ4n) is 1.25. The number of alkyl halides is 2. The Labute approximate surface area is 97.0 Å². The van der Waals surface area contributed by atoms with Crippen molar-refractivity contribution >= 4 is 17.5 Å². The SMILES string of the molecule is CNC(=O)Cc1ccccc1NC(=O)C(F)F. The van der Waals surface area contributed by atoms with Crippen LogP contribution in [0.1, 0.15) is 5.56 Å². The largest absolute Gasteiger partial charge is 0.359 e. The zero-order valence-electron chi connectivity index (χ0n) is 9.17. The lowest BCUT2D eigenvalue weighted by Gasteiger charge is -2.09. The average Bonchev–Trinajstić information content (AvgIpc) is 2.31. The first-order chi connectivity index (χ1) is 8.04. The number of hydrogen-bond donors (Lipinski definition) is 2. The number of carbonyl (C=O) groups is 2. The van der Waals surface area contributed by atoms with Gasteiger partial charge in [-0.1, -0.05) is 18.2 Å². The number of halogens is 2. The van der Waals surface area contributed by atoms with Crippen molar-refractivity contribution in [1.82, 2.24) is 5.32 Å². The third-order valence-corrected chi connectivity index (χ3v) is 2.10. The summed E-state index contributed by atoms with van der Waals surface area (Å²) >= 11 is 0. The van der Waals surface area contributed by atoms with E-state index < -0.39 is 12.3 Å². The average molecular weight is 242 g/mol. The number of amides is 2. The van der Waals surface area contributed by atoms with Crippen molar-refractivity contribution < 1.29 is 18.4 Å². The first kappa shape index (κ1) is 13.1. The highest BCUT2D eigenvalue weighted by molar-refractivity contribution is 5.94. The van der Waals surface area contributed by atoms with Crippen LogP contribution in [0.3, 0.4) is 0 Å². The second-order valence-electron chi connectivity index (χ2n) is 3.30. The first-order valence-electron chi connectivity index (χ1n) is 4.92. The summed E-state index contributed by atoms with van der Waals surface area (Å²) in [6, 6.07) is 6.32. The van der Waals surface area contributed by atoms with Gasteiger partial charge in [-0.3, -0.25) is 9.59 Å². The summed E-state index contributed by atoms with van der Waals surface area (Å²) in [5.41, 5.74) is 0.710. The van der Waals surface area contributed by atoms with Gasteiger partial charge in [0.1, 0.15) is 0 Å². The van der Waals surface area contributed by atoms with Crippen molar-refractivity contribution in [3.8, 4) is 0 Å². The molecule has 0 saturated carbocycles. The molecule has 0 radical (unpaired) electrons. The van der Waals surface area contributed by atoms with E-state index in [9.17, 15) is 18.4 Å². The van der Waals surface area contributed by atoms with Gasteiger partial charge in [-0.05, 0) is 11.6 Å². The van der Waals surface area contributed by atoms with Gasteiger partial charge in [0.05, 0.1) is 6.42 Å². The predicted octanol–water partition coefficient (Wildman–Crippen LogP) is 1.18. The van der Waals surface area contributed by atoms with Crippen LogP contribution in [-0.2, 0) is 16.0 Å². The number of likely N-dealkylation sites (N-methyl/N-ethyl adjacent to an activating group) is 1. The van der Waals surface area contributed by atoms with E-state index in [1.54, 1.807) is 18.2 Å². The molecule has 0 fully saturated rings. The highest BCUT2D eigenvalue weighted by Crippen LogP contribution is 2.16. The maximum Gasteiger partial charge on any atom is 0.315 e. The number of nitrogens with one attached hydrogen (secondary N) is 2. The van der Waals surface area contributed by atoms with E-state index in [-0.39, 0.29) is 18.0 Å². The lowest BCUT2D eigenvalue weighted by Crippen LogP contribution is -2.23. The normalized spacial score (nSPS) is 10.1. The van der Waals surface area contributed by atoms with Crippen molar-refractivity contribution in [2.75, 3.05) is 12.4 Å². The van der Waals surface area contributed by atoms with Gasteiger partial charge < -0.3 is 10.6 Å². The first-order valence-corrected chi connectivity index (χ1v) is 4.92. The van der Waals surface area contributed by atoms with Crippen LogP contribution in [0.15, 0.2) is 24.3 Å². The van der Waals surface area contributed by atoms with Crippen LogP contribution in [0.4, 0.5) is 14.5 Å². The van der Waals surface area contributed by atoms with Crippen LogP contribution in [0.5, 0.6) is 0 Å². The van der Waals surface area contributed by atoms with Crippen LogP contribution in [-0.4, -0.2) is 25.3 Å². The molecule has 1 aromatic rings. The standard InChI is InChI=1S/C11H12F2N2O2/c1-14-9(16)6-7-4-2-3-5-8(7)15-11(17)10(12)13/h2-5,10H,6H2,1H3,(H,14,16)(H,15,17). The highest BCUT2D eigenvalue weighted by atomic mass is 19.3. The predicted molar refractivity (Wildman–Crippen MR) is 58.8 cm³/mol. The van der Waals surface area contributed by atoms with Gasteiger partial charge in [-0.2, -0.15) is 8.78 Å². The van der Waals surface area contributed by atoms with E-state index >= 15 is 0 Å². The van der Waals surface area contributed by atoms with E-state index in [0.717, 1.165) is 0 Å². The molecule has 0 saturated heterocycles. The molecule has 0 aliphatic heterocycles. The van der Waals surface area contributed by atoms with Crippen molar-refractivity contribution in [2.24, 2.45) is 0 Å². The zero-order chi connectivity index (χ0) is 12.8. The molecule has 0 spiro atoms. The third-order valence-electron chi connectivity index (χ3n) is 2.10. The molecule has 0 aliphatic rings. The molecule has 17 heavy (non-hydrogen) atoms. The Morgan fingerprint density at radius 1 is 1.29 bits per heavy atom. The third kappa shape index (κ3) is 3.82. The number of hydrogen-bond acceptors (Lipinski definition) is 2. The maximum atomic E-state index is 12.1. The summed E-state index contributed by atoms with van der Waals surface area (Å²) in [5, 5.41) is 4.49. The molecule has 0 heterocycles. The molecule has 4 nitrogen and oxygen atoms in total. The van der Waals surface area contributed by atoms with Crippen molar-refractivity contribution in [1.29, 1.82) is 0 Å². The maximum absolute atomic E-state index is 12.1. The molecule has 0 atom stereocenters. The Morgan fingerprint density at radius 3 is 2.53 bits per heavy atom. The van der Waals surface area contributed by atoms with Crippen LogP contribution in [0, 0.1) is 0 Å². The molecule has 2 N–H and O–H groups in total. The molecular weight excluding hydrogens is 230 g/mol. The minimum atomic E-state index is -3.08. The molecule has 2 amide bonds. The molecule has 0 aliphatic carbocycles. The van der Waals surface area contributed by atoms with Gasteiger partial charge in [0.2, 0.25) is 5.91 Å². The summed E-state index contributed by atoms with van der Waals surface area (Å²) in [4.78, 5) is 22.0. The summed E-state index contributed by atoms with van der Waals surface area (Å²) in [7, 11) is 1.47. The number of rotatable bonds is 4. The fraction of sp³-hybridized carbons (Fsp3) is 0.273. The van der Waals surface area contributed by atoms with Crippen LogP contribution < -0.4 is 10.6 Å². The molecule has 0 unspecified atom stereocenters.